The number of carbonyl (C=O) groups is 2. The minimum Gasteiger partial charge on any atom is -0.478 e. The number of anilines is 1. The quantitative estimate of drug-likeness (QED) is 0.869. The van der Waals surface area contributed by atoms with E-state index in [1.165, 1.54) is 6.07 Å². The monoisotopic (exact) mass is 279 g/mol. The fourth-order valence-electron chi connectivity index (χ4n) is 1.92. The molecule has 108 valence electrons. The number of rotatable bonds is 2. The van der Waals surface area contributed by atoms with E-state index in [9.17, 15) is 14.7 Å². The fraction of sp³-hybridized carbons (Fsp3) is 0.429. The number of ether oxygens (including phenoxy) is 2. The average molecular weight is 279 g/mol. The number of hydrogen-bond donors (Lipinski definition) is 2. The molecule has 0 atom stereocenters. The van der Waals surface area contributed by atoms with E-state index in [0.29, 0.717) is 13.2 Å². The van der Waals surface area contributed by atoms with Crippen molar-refractivity contribution in [3.63, 3.8) is 0 Å². The zero-order chi connectivity index (χ0) is 14.9. The Kier molecular flexibility index (Phi) is 3.67. The van der Waals surface area contributed by atoms with Gasteiger partial charge in [-0.2, -0.15) is 0 Å². The van der Waals surface area contributed by atoms with Crippen LogP contribution in [0.15, 0.2) is 12.1 Å². The van der Waals surface area contributed by atoms with Gasteiger partial charge in [0.25, 0.3) is 0 Å². The minimum absolute atomic E-state index is 0.0279. The second-order valence-electron chi connectivity index (χ2n) is 5.59. The van der Waals surface area contributed by atoms with Crippen LogP contribution in [-0.2, 0) is 22.7 Å². The number of carboxylic acids is 1. The first-order valence-corrected chi connectivity index (χ1v) is 6.23. The molecule has 1 aliphatic rings. The Morgan fingerprint density at radius 2 is 1.85 bits per heavy atom. The van der Waals surface area contributed by atoms with Crippen molar-refractivity contribution in [2.45, 2.75) is 39.6 Å². The lowest BCUT2D eigenvalue weighted by Gasteiger charge is -2.20. The summed E-state index contributed by atoms with van der Waals surface area (Å²) in [7, 11) is 0. The standard InChI is InChI=1S/C14H17NO5/c1-14(2,3)20-13(18)15-11-5-9-7-19-6-8(9)4-10(11)12(16)17/h4-5H,6-7H2,1-3H3,(H,15,18)(H,16,17). The van der Waals surface area contributed by atoms with Crippen LogP contribution < -0.4 is 5.32 Å². The first-order chi connectivity index (χ1) is 9.26. The van der Waals surface area contributed by atoms with E-state index >= 15 is 0 Å². The SMILES string of the molecule is CC(C)(C)OC(=O)Nc1cc2c(cc1C(=O)O)COC2. The van der Waals surface area contributed by atoms with Crippen molar-refractivity contribution in [3.8, 4) is 0 Å². The summed E-state index contributed by atoms with van der Waals surface area (Å²) < 4.78 is 10.4. The largest absolute Gasteiger partial charge is 0.478 e. The van der Waals surface area contributed by atoms with Crippen molar-refractivity contribution >= 4 is 17.7 Å². The van der Waals surface area contributed by atoms with Crippen molar-refractivity contribution in [1.82, 2.24) is 0 Å². The molecule has 1 aromatic rings. The number of amides is 1. The maximum atomic E-state index is 11.7. The van der Waals surface area contributed by atoms with E-state index in [1.807, 2.05) is 0 Å². The van der Waals surface area contributed by atoms with Crippen LogP contribution in [0.25, 0.3) is 0 Å². The second kappa shape index (κ2) is 5.13. The highest BCUT2D eigenvalue weighted by Gasteiger charge is 2.22. The summed E-state index contributed by atoms with van der Waals surface area (Å²) in [6.45, 7) is 6.02. The fourth-order valence-corrected chi connectivity index (χ4v) is 1.92. The Morgan fingerprint density at radius 3 is 2.40 bits per heavy atom. The molecule has 0 fully saturated rings. The minimum atomic E-state index is -1.11. The summed E-state index contributed by atoms with van der Waals surface area (Å²) >= 11 is 0. The third kappa shape index (κ3) is 3.27. The molecule has 0 saturated carbocycles. The molecule has 0 aromatic heterocycles. The third-order valence-electron chi connectivity index (χ3n) is 2.72. The maximum Gasteiger partial charge on any atom is 0.412 e. The number of aromatic carboxylic acids is 1. The zero-order valence-corrected chi connectivity index (χ0v) is 11.6. The molecule has 0 radical (unpaired) electrons. The number of carboxylic acid groups (broad SMARTS) is 1. The van der Waals surface area contributed by atoms with Crippen molar-refractivity contribution < 1.29 is 24.2 Å². The van der Waals surface area contributed by atoms with Crippen LogP contribution in [0.1, 0.15) is 42.3 Å². The summed E-state index contributed by atoms with van der Waals surface area (Å²) in [5, 5.41) is 11.7. The molecule has 0 bridgehead atoms. The lowest BCUT2D eigenvalue weighted by Crippen LogP contribution is -2.27. The smallest absolute Gasteiger partial charge is 0.412 e. The number of hydrogen-bond acceptors (Lipinski definition) is 4. The molecule has 6 heteroatoms. The predicted molar refractivity (Wildman–Crippen MR) is 71.8 cm³/mol. The molecule has 1 aromatic carbocycles. The van der Waals surface area contributed by atoms with Crippen LogP contribution in [0.3, 0.4) is 0 Å². The van der Waals surface area contributed by atoms with Gasteiger partial charge in [-0.3, -0.25) is 5.32 Å². The summed E-state index contributed by atoms with van der Waals surface area (Å²) in [6.07, 6.45) is -0.682. The number of benzene rings is 1. The van der Waals surface area contributed by atoms with Crippen molar-refractivity contribution in [2.75, 3.05) is 5.32 Å². The normalized spacial score (nSPS) is 13.8. The summed E-state index contributed by atoms with van der Waals surface area (Å²) in [5.41, 5.74) is 1.31. The molecule has 2 N–H and O–H groups in total. The van der Waals surface area contributed by atoms with Gasteiger partial charge in [0.1, 0.15) is 5.60 Å². The lowest BCUT2D eigenvalue weighted by molar-refractivity contribution is 0.0636. The van der Waals surface area contributed by atoms with Gasteiger partial charge in [-0.05, 0) is 44.0 Å². The molecule has 1 amide bonds. The molecular formula is C14H17NO5. The predicted octanol–water partition coefficient (Wildman–Crippen LogP) is 2.76. The number of nitrogens with one attached hydrogen (secondary N) is 1. The molecule has 6 nitrogen and oxygen atoms in total. The zero-order valence-electron chi connectivity index (χ0n) is 11.6. The van der Waals surface area contributed by atoms with E-state index in [-0.39, 0.29) is 11.3 Å². The van der Waals surface area contributed by atoms with Crippen LogP contribution in [0.4, 0.5) is 10.5 Å². The van der Waals surface area contributed by atoms with Gasteiger partial charge < -0.3 is 14.6 Å². The Hall–Kier alpha value is -2.08. The topological polar surface area (TPSA) is 84.9 Å². The van der Waals surface area contributed by atoms with E-state index in [1.54, 1.807) is 26.8 Å². The number of carbonyl (C=O) groups excluding carboxylic acids is 1. The lowest BCUT2D eigenvalue weighted by atomic mass is 10.0. The average Bonchev–Trinajstić information content (AvgIpc) is 2.71. The van der Waals surface area contributed by atoms with Gasteiger partial charge >= 0.3 is 12.1 Å². The second-order valence-corrected chi connectivity index (χ2v) is 5.59. The van der Waals surface area contributed by atoms with Gasteiger partial charge in [-0.15, -0.1) is 0 Å². The Balaban J connectivity index is 2.26. The molecule has 0 saturated heterocycles. The van der Waals surface area contributed by atoms with Crippen molar-refractivity contribution in [3.05, 3.63) is 28.8 Å². The van der Waals surface area contributed by atoms with Gasteiger partial charge in [0, 0.05) is 0 Å². The summed E-state index contributed by atoms with van der Waals surface area (Å²) in [6, 6.07) is 3.15. The van der Waals surface area contributed by atoms with Crippen molar-refractivity contribution in [2.24, 2.45) is 0 Å². The van der Waals surface area contributed by atoms with Gasteiger partial charge in [0.15, 0.2) is 0 Å². The highest BCUT2D eigenvalue weighted by Crippen LogP contribution is 2.27. The van der Waals surface area contributed by atoms with Crippen LogP contribution in [0, 0.1) is 0 Å². The van der Waals surface area contributed by atoms with E-state index < -0.39 is 17.7 Å². The van der Waals surface area contributed by atoms with Crippen LogP contribution in [-0.4, -0.2) is 22.8 Å². The van der Waals surface area contributed by atoms with Crippen LogP contribution in [0.5, 0.6) is 0 Å². The molecule has 1 heterocycles. The first-order valence-electron chi connectivity index (χ1n) is 6.23. The van der Waals surface area contributed by atoms with Gasteiger partial charge in [0.05, 0.1) is 24.5 Å². The molecular weight excluding hydrogens is 262 g/mol. The summed E-state index contributed by atoms with van der Waals surface area (Å²) in [5.74, 6) is -1.11. The Morgan fingerprint density at radius 1 is 1.25 bits per heavy atom. The molecule has 0 aliphatic carbocycles. The molecule has 1 aliphatic heterocycles. The van der Waals surface area contributed by atoms with E-state index in [2.05, 4.69) is 5.32 Å². The molecule has 2 rings (SSSR count). The highest BCUT2D eigenvalue weighted by molar-refractivity contribution is 5.99. The van der Waals surface area contributed by atoms with Crippen LogP contribution >= 0.6 is 0 Å². The highest BCUT2D eigenvalue weighted by atomic mass is 16.6. The molecule has 0 spiro atoms. The first kappa shape index (κ1) is 14.3. The maximum absolute atomic E-state index is 11.7. The van der Waals surface area contributed by atoms with Gasteiger partial charge in [-0.25, -0.2) is 9.59 Å². The van der Waals surface area contributed by atoms with Crippen LogP contribution in [0.2, 0.25) is 0 Å². The van der Waals surface area contributed by atoms with E-state index in [4.69, 9.17) is 9.47 Å². The molecule has 0 unspecified atom stereocenters. The van der Waals surface area contributed by atoms with Gasteiger partial charge in [-0.1, -0.05) is 0 Å². The molecule has 20 heavy (non-hydrogen) atoms. The van der Waals surface area contributed by atoms with Gasteiger partial charge in [0.2, 0.25) is 0 Å². The third-order valence-corrected chi connectivity index (χ3v) is 2.72. The van der Waals surface area contributed by atoms with Crippen molar-refractivity contribution in [1.29, 1.82) is 0 Å². The summed E-state index contributed by atoms with van der Waals surface area (Å²) in [4.78, 5) is 23.0. The Bertz CT molecular complexity index is 559. The van der Waals surface area contributed by atoms with E-state index in [0.717, 1.165) is 11.1 Å². The number of fused-ring (bicyclic) bond motifs is 1. The Labute approximate surface area is 116 Å².